The summed E-state index contributed by atoms with van der Waals surface area (Å²) in [4.78, 5) is 11.5. The first-order chi connectivity index (χ1) is 10.4. The van der Waals surface area contributed by atoms with Crippen LogP contribution in [0.25, 0.3) is 0 Å². The molecule has 4 nitrogen and oxygen atoms in total. The largest absolute Gasteiger partial charge is 0.356 e. The highest BCUT2D eigenvalue weighted by atomic mass is 127. The van der Waals surface area contributed by atoms with E-state index < -0.39 is 0 Å². The monoisotopic (exact) mass is 468 g/mol. The van der Waals surface area contributed by atoms with Crippen molar-refractivity contribution >= 4 is 53.0 Å². The molecule has 2 heterocycles. The van der Waals surface area contributed by atoms with E-state index in [1.165, 1.54) is 10.7 Å². The van der Waals surface area contributed by atoms with Crippen LogP contribution in [0.4, 0.5) is 0 Å². The van der Waals surface area contributed by atoms with Crippen molar-refractivity contribution in [3.05, 3.63) is 16.1 Å². The normalized spacial score (nSPS) is 18.0. The van der Waals surface area contributed by atoms with Crippen LogP contribution < -0.4 is 5.32 Å². The van der Waals surface area contributed by atoms with Crippen LogP contribution in [0.1, 0.15) is 44.3 Å². The molecule has 1 aliphatic rings. The molecule has 0 unspecified atom stereocenters. The molecular formula is C16H29IN4S2. The zero-order chi connectivity index (χ0) is 16.2. The van der Waals surface area contributed by atoms with Crippen LogP contribution >= 0.6 is 47.1 Å². The molecule has 1 aliphatic heterocycles. The number of hydrogen-bond donors (Lipinski definition) is 1. The molecule has 1 aromatic heterocycles. The summed E-state index contributed by atoms with van der Waals surface area (Å²) >= 11 is 3.81. The third-order valence-electron chi connectivity index (χ3n) is 3.66. The van der Waals surface area contributed by atoms with Crippen LogP contribution in [-0.2, 0) is 6.42 Å². The summed E-state index contributed by atoms with van der Waals surface area (Å²) in [7, 11) is 1.87. The fourth-order valence-electron chi connectivity index (χ4n) is 2.53. The van der Waals surface area contributed by atoms with Gasteiger partial charge in [0.2, 0.25) is 0 Å². The molecule has 0 spiro atoms. The summed E-state index contributed by atoms with van der Waals surface area (Å²) in [6.07, 6.45) is 0.953. The molecule has 1 N–H and O–H groups in total. The van der Waals surface area contributed by atoms with Crippen molar-refractivity contribution in [3.8, 4) is 0 Å². The molecule has 0 atom stereocenters. The molecule has 0 amide bonds. The van der Waals surface area contributed by atoms with Gasteiger partial charge in [0.25, 0.3) is 0 Å². The van der Waals surface area contributed by atoms with E-state index in [0.29, 0.717) is 10.7 Å². The van der Waals surface area contributed by atoms with Gasteiger partial charge in [0.1, 0.15) is 0 Å². The van der Waals surface area contributed by atoms with Gasteiger partial charge in [-0.05, 0) is 13.8 Å². The zero-order valence-corrected chi connectivity index (χ0v) is 18.7. The van der Waals surface area contributed by atoms with Crippen molar-refractivity contribution in [1.82, 2.24) is 15.2 Å². The average Bonchev–Trinajstić information content (AvgIpc) is 2.91. The summed E-state index contributed by atoms with van der Waals surface area (Å²) in [6, 6.07) is 0. The Morgan fingerprint density at radius 3 is 2.78 bits per heavy atom. The second kappa shape index (κ2) is 9.46. The van der Waals surface area contributed by atoms with Crippen molar-refractivity contribution in [2.75, 3.05) is 32.4 Å². The molecule has 7 heteroatoms. The van der Waals surface area contributed by atoms with Gasteiger partial charge in [-0.2, -0.15) is 11.8 Å². The van der Waals surface area contributed by atoms with Gasteiger partial charge in [-0.3, -0.25) is 4.99 Å². The number of rotatable bonds is 4. The Bertz CT molecular complexity index is 514. The number of nitrogens with zero attached hydrogens (tertiary/aromatic N) is 3. The zero-order valence-electron chi connectivity index (χ0n) is 14.8. The summed E-state index contributed by atoms with van der Waals surface area (Å²) in [5.41, 5.74) is 1.19. The van der Waals surface area contributed by atoms with E-state index in [1.54, 1.807) is 11.3 Å². The second-order valence-electron chi connectivity index (χ2n) is 6.59. The number of aromatic nitrogens is 1. The predicted molar refractivity (Wildman–Crippen MR) is 115 cm³/mol. The Morgan fingerprint density at radius 2 is 2.22 bits per heavy atom. The minimum Gasteiger partial charge on any atom is -0.356 e. The maximum atomic E-state index is 4.69. The Morgan fingerprint density at radius 1 is 1.48 bits per heavy atom. The molecule has 2 rings (SSSR count). The molecule has 1 fully saturated rings. The quantitative estimate of drug-likeness (QED) is 0.414. The van der Waals surface area contributed by atoms with Gasteiger partial charge in [0.15, 0.2) is 5.96 Å². The minimum absolute atomic E-state index is 0. The van der Waals surface area contributed by atoms with Crippen LogP contribution in [0.15, 0.2) is 10.4 Å². The first-order valence-electron chi connectivity index (χ1n) is 7.95. The van der Waals surface area contributed by atoms with Gasteiger partial charge < -0.3 is 10.2 Å². The van der Waals surface area contributed by atoms with Gasteiger partial charge in [-0.15, -0.1) is 35.3 Å². The summed E-state index contributed by atoms with van der Waals surface area (Å²) in [5.74, 6) is 2.71. The van der Waals surface area contributed by atoms with Gasteiger partial charge in [0, 0.05) is 54.9 Å². The smallest absolute Gasteiger partial charge is 0.193 e. The van der Waals surface area contributed by atoms with Crippen molar-refractivity contribution < 1.29 is 0 Å². The number of hydrogen-bond acceptors (Lipinski definition) is 4. The Labute approximate surface area is 166 Å². The fourth-order valence-corrected chi connectivity index (χ4v) is 4.52. The van der Waals surface area contributed by atoms with E-state index >= 15 is 0 Å². The molecule has 1 aromatic rings. The van der Waals surface area contributed by atoms with Crippen LogP contribution in [0.5, 0.6) is 0 Å². The lowest BCUT2D eigenvalue weighted by Crippen LogP contribution is -2.51. The van der Waals surface area contributed by atoms with E-state index in [0.717, 1.165) is 37.8 Å². The van der Waals surface area contributed by atoms with E-state index in [9.17, 15) is 0 Å². The Balaban J connectivity index is 0.00000264. The van der Waals surface area contributed by atoms with E-state index in [1.807, 2.05) is 18.8 Å². The Kier molecular flexibility index (Phi) is 8.65. The number of guanidine groups is 1. The highest BCUT2D eigenvalue weighted by Gasteiger charge is 2.28. The third kappa shape index (κ3) is 6.42. The molecule has 0 saturated carbocycles. The third-order valence-corrected chi connectivity index (χ3v) is 6.16. The molecule has 0 radical (unpaired) electrons. The maximum Gasteiger partial charge on any atom is 0.193 e. The molecule has 1 saturated heterocycles. The molecule has 0 aliphatic carbocycles. The standard InChI is InChI=1S/C16H28N4S2.HI/c1-12(2)14-19-13(10-21-14)6-7-18-15(17-5)20-8-9-22-16(3,4)11-20;/h10,12H,6-9,11H2,1-5H3,(H,17,18);1H. The molecule has 0 bridgehead atoms. The second-order valence-corrected chi connectivity index (χ2v) is 9.28. The molecular weight excluding hydrogens is 439 g/mol. The molecule has 23 heavy (non-hydrogen) atoms. The summed E-state index contributed by atoms with van der Waals surface area (Å²) in [6.45, 7) is 12.0. The van der Waals surface area contributed by atoms with E-state index in [-0.39, 0.29) is 24.0 Å². The number of nitrogens with one attached hydrogen (secondary N) is 1. The number of thiazole rings is 1. The predicted octanol–water partition coefficient (Wildman–Crippen LogP) is 3.83. The lowest BCUT2D eigenvalue weighted by Gasteiger charge is -2.39. The van der Waals surface area contributed by atoms with Crippen LogP contribution in [-0.4, -0.2) is 53.0 Å². The van der Waals surface area contributed by atoms with Crippen molar-refractivity contribution in [2.24, 2.45) is 4.99 Å². The first kappa shape index (κ1) is 21.0. The van der Waals surface area contributed by atoms with Gasteiger partial charge in [0.05, 0.1) is 10.7 Å². The van der Waals surface area contributed by atoms with E-state index in [4.69, 9.17) is 0 Å². The fraction of sp³-hybridized carbons (Fsp3) is 0.750. The van der Waals surface area contributed by atoms with Gasteiger partial charge in [-0.1, -0.05) is 13.8 Å². The van der Waals surface area contributed by atoms with Crippen LogP contribution in [0.2, 0.25) is 0 Å². The lowest BCUT2D eigenvalue weighted by molar-refractivity contribution is 0.376. The van der Waals surface area contributed by atoms with Crippen molar-refractivity contribution in [2.45, 2.75) is 44.8 Å². The van der Waals surface area contributed by atoms with Crippen molar-refractivity contribution in [3.63, 3.8) is 0 Å². The Hall–Kier alpha value is -0.0200. The summed E-state index contributed by atoms with van der Waals surface area (Å²) in [5, 5.41) is 6.91. The molecule has 0 aromatic carbocycles. The summed E-state index contributed by atoms with van der Waals surface area (Å²) < 4.78 is 0.303. The highest BCUT2D eigenvalue weighted by Crippen LogP contribution is 2.29. The number of aliphatic imine (C=N–C) groups is 1. The van der Waals surface area contributed by atoms with Crippen LogP contribution in [0, 0.1) is 0 Å². The average molecular weight is 468 g/mol. The highest BCUT2D eigenvalue weighted by molar-refractivity contribution is 14.0. The topological polar surface area (TPSA) is 40.5 Å². The number of thioether (sulfide) groups is 1. The molecule has 132 valence electrons. The van der Waals surface area contributed by atoms with Gasteiger partial charge >= 0.3 is 0 Å². The number of halogens is 1. The van der Waals surface area contributed by atoms with E-state index in [2.05, 4.69) is 53.3 Å². The minimum atomic E-state index is 0. The van der Waals surface area contributed by atoms with Crippen LogP contribution in [0.3, 0.4) is 0 Å². The lowest BCUT2D eigenvalue weighted by atomic mass is 10.2. The first-order valence-corrected chi connectivity index (χ1v) is 9.81. The van der Waals surface area contributed by atoms with Crippen molar-refractivity contribution in [1.29, 1.82) is 0 Å². The SMILES string of the molecule is CN=C(NCCc1csc(C(C)C)n1)N1CCSC(C)(C)C1.I. The van der Waals surface area contributed by atoms with Gasteiger partial charge in [-0.25, -0.2) is 4.98 Å². The maximum absolute atomic E-state index is 4.69.